The maximum absolute atomic E-state index is 15.2. The van der Waals surface area contributed by atoms with Crippen LogP contribution in [-0.4, -0.2) is 98.2 Å². The number of anilines is 2. The molecule has 322 valence electrons. The highest BCUT2D eigenvalue weighted by molar-refractivity contribution is 6.05. The SMILES string of the molecule is CC(C)(O)c1cc2nn(C3CCN(C4CCN(C(=O)[C@@H]5CCN(c6cc(F)c([C@H]7CCC(=O)NC7=O)c(F)c6)C5)CC4)CC3)cc2cc1NC(=O)c1cccn(C2CC2)c1=O. The zero-order chi connectivity index (χ0) is 42.7. The largest absolute Gasteiger partial charge is 0.386 e. The maximum atomic E-state index is 15.2. The number of nitrogens with one attached hydrogen (secondary N) is 2. The van der Waals surface area contributed by atoms with Crippen molar-refractivity contribution in [3.05, 3.63) is 87.5 Å². The topological polar surface area (TPSA) is 162 Å². The highest BCUT2D eigenvalue weighted by atomic mass is 19.1. The third-order valence-electron chi connectivity index (χ3n) is 13.4. The molecular formula is C45H52F2N8O6. The number of carbonyl (C=O) groups excluding carboxylic acids is 4. The molecule has 0 radical (unpaired) electrons. The molecule has 9 rings (SSSR count). The molecule has 0 spiro atoms. The van der Waals surface area contributed by atoms with Gasteiger partial charge in [-0.15, -0.1) is 0 Å². The highest BCUT2D eigenvalue weighted by Gasteiger charge is 2.38. The smallest absolute Gasteiger partial charge is 0.263 e. The monoisotopic (exact) mass is 838 g/mol. The van der Waals surface area contributed by atoms with Crippen LogP contribution in [0.15, 0.2) is 53.6 Å². The van der Waals surface area contributed by atoms with Crippen LogP contribution in [0.4, 0.5) is 20.2 Å². The Bertz CT molecular complexity index is 2440. The minimum atomic E-state index is -1.29. The zero-order valence-electron chi connectivity index (χ0n) is 34.5. The fraction of sp³-hybridized carbons (Fsp3) is 0.511. The molecule has 0 unspecified atom stereocenters. The van der Waals surface area contributed by atoms with E-state index in [0.717, 1.165) is 57.0 Å². The van der Waals surface area contributed by atoms with Gasteiger partial charge in [0.2, 0.25) is 17.7 Å². The molecule has 2 aromatic carbocycles. The molecular weight excluding hydrogens is 787 g/mol. The number of nitrogens with zero attached hydrogens (tertiary/aromatic N) is 6. The normalized spacial score (nSPS) is 22.2. The summed E-state index contributed by atoms with van der Waals surface area (Å²) < 4.78 is 34.1. The molecule has 4 amide bonds. The van der Waals surface area contributed by atoms with Gasteiger partial charge in [-0.3, -0.25) is 34.0 Å². The summed E-state index contributed by atoms with van der Waals surface area (Å²) in [5.74, 6) is -4.59. The molecule has 4 aromatic rings. The van der Waals surface area contributed by atoms with E-state index in [9.17, 15) is 29.1 Å². The lowest BCUT2D eigenvalue weighted by molar-refractivity contribution is -0.137. The summed E-state index contributed by atoms with van der Waals surface area (Å²) in [7, 11) is 0. The van der Waals surface area contributed by atoms with Gasteiger partial charge in [0.05, 0.1) is 29.0 Å². The Labute approximate surface area is 351 Å². The fourth-order valence-corrected chi connectivity index (χ4v) is 9.88. The standard InChI is InChI=1S/C45H52F2N8O6/c1-45(2,61)34-23-37-27(20-38(34)48-42(58)33-4-3-14-54(44(33)60)29-5-6-29)25-55(50-37)30-12-16-51(17-13-30)28-10-18-52(19-11-28)43(59)26-9-15-53(24-26)31-21-35(46)40(36(47)22-31)32-7-8-39(56)49-41(32)57/h3-4,14,20-23,25-26,28-30,32,61H,5-13,15-19,24H2,1-2H3,(H,48,58)(H,49,56,57)/t26-,32-/m1/s1. The molecule has 2 atom stereocenters. The minimum Gasteiger partial charge on any atom is -0.386 e. The maximum Gasteiger partial charge on any atom is 0.263 e. The molecule has 0 bridgehead atoms. The average Bonchev–Trinajstić information content (AvgIpc) is 3.79. The van der Waals surface area contributed by atoms with Gasteiger partial charge in [0.15, 0.2) is 0 Å². The van der Waals surface area contributed by atoms with Crippen LogP contribution < -0.4 is 21.1 Å². The second-order valence-corrected chi connectivity index (χ2v) is 18.0. The van der Waals surface area contributed by atoms with Crippen LogP contribution >= 0.6 is 0 Å². The number of piperidine rings is 3. The van der Waals surface area contributed by atoms with Crippen molar-refractivity contribution < 1.29 is 33.1 Å². The first-order valence-corrected chi connectivity index (χ1v) is 21.6. The van der Waals surface area contributed by atoms with Crippen molar-refractivity contribution in [2.75, 3.05) is 49.5 Å². The number of hydrogen-bond donors (Lipinski definition) is 3. The van der Waals surface area contributed by atoms with E-state index < -0.39 is 40.9 Å². The Balaban J connectivity index is 0.784. The first kappa shape index (κ1) is 40.9. The Morgan fingerprint density at radius 1 is 0.869 bits per heavy atom. The number of rotatable bonds is 9. The van der Waals surface area contributed by atoms with Crippen molar-refractivity contribution in [3.63, 3.8) is 0 Å². The third-order valence-corrected chi connectivity index (χ3v) is 13.4. The molecule has 14 nitrogen and oxygen atoms in total. The number of benzene rings is 2. The molecule has 5 aliphatic rings. The molecule has 61 heavy (non-hydrogen) atoms. The van der Waals surface area contributed by atoms with E-state index in [1.807, 2.05) is 32.8 Å². The molecule has 1 saturated carbocycles. The van der Waals surface area contributed by atoms with Crippen LogP contribution in [0.5, 0.6) is 0 Å². The van der Waals surface area contributed by atoms with Gasteiger partial charge in [0.1, 0.15) is 17.2 Å². The van der Waals surface area contributed by atoms with Crippen LogP contribution in [-0.2, 0) is 20.0 Å². The summed E-state index contributed by atoms with van der Waals surface area (Å²) in [6, 6.07) is 9.99. The lowest BCUT2D eigenvalue weighted by atomic mass is 9.89. The number of pyridine rings is 1. The van der Waals surface area contributed by atoms with Crippen molar-refractivity contribution in [2.45, 2.75) is 101 Å². The Morgan fingerprint density at radius 3 is 2.25 bits per heavy atom. The summed E-state index contributed by atoms with van der Waals surface area (Å²) in [6.45, 7) is 7.23. The van der Waals surface area contributed by atoms with E-state index in [4.69, 9.17) is 5.10 Å². The number of hydrogen-bond acceptors (Lipinski definition) is 9. The molecule has 4 aliphatic heterocycles. The molecule has 2 aromatic heterocycles. The number of carbonyl (C=O) groups is 4. The predicted octanol–water partition coefficient (Wildman–Crippen LogP) is 4.97. The fourth-order valence-electron chi connectivity index (χ4n) is 9.88. The Kier molecular flexibility index (Phi) is 10.8. The zero-order valence-corrected chi connectivity index (χ0v) is 34.5. The van der Waals surface area contributed by atoms with Crippen LogP contribution in [0.1, 0.15) is 111 Å². The summed E-state index contributed by atoms with van der Waals surface area (Å²) in [5, 5.41) is 21.9. The van der Waals surface area contributed by atoms with Crippen molar-refractivity contribution in [2.24, 2.45) is 5.92 Å². The summed E-state index contributed by atoms with van der Waals surface area (Å²) in [6.07, 6.45) is 9.72. The van der Waals surface area contributed by atoms with E-state index in [0.29, 0.717) is 61.1 Å². The third kappa shape index (κ3) is 8.19. The number of aromatic nitrogens is 3. The first-order valence-electron chi connectivity index (χ1n) is 21.6. The summed E-state index contributed by atoms with van der Waals surface area (Å²) in [5.41, 5.74) is 0.103. The van der Waals surface area contributed by atoms with Crippen molar-refractivity contribution in [3.8, 4) is 0 Å². The summed E-state index contributed by atoms with van der Waals surface area (Å²) >= 11 is 0. The molecule has 6 heterocycles. The van der Waals surface area contributed by atoms with E-state index in [-0.39, 0.29) is 53.4 Å². The van der Waals surface area contributed by atoms with Crippen LogP contribution in [0, 0.1) is 17.6 Å². The van der Waals surface area contributed by atoms with Crippen LogP contribution in [0.2, 0.25) is 0 Å². The second kappa shape index (κ2) is 16.1. The number of imide groups is 1. The second-order valence-electron chi connectivity index (χ2n) is 18.0. The Hall–Kier alpha value is -5.48. The predicted molar refractivity (Wildman–Crippen MR) is 223 cm³/mol. The quantitative estimate of drug-likeness (QED) is 0.198. The van der Waals surface area contributed by atoms with Gasteiger partial charge in [-0.2, -0.15) is 5.10 Å². The molecule has 1 aliphatic carbocycles. The van der Waals surface area contributed by atoms with Gasteiger partial charge in [-0.1, -0.05) is 0 Å². The molecule has 5 fully saturated rings. The molecule has 16 heteroatoms. The van der Waals surface area contributed by atoms with Gasteiger partial charge >= 0.3 is 0 Å². The van der Waals surface area contributed by atoms with Crippen molar-refractivity contribution in [1.82, 2.24) is 29.5 Å². The van der Waals surface area contributed by atoms with Gasteiger partial charge in [0, 0.05) is 98.1 Å². The van der Waals surface area contributed by atoms with E-state index >= 15 is 8.78 Å². The lowest BCUT2D eigenvalue weighted by Gasteiger charge is -2.42. The number of aliphatic hydroxyl groups is 1. The minimum absolute atomic E-state index is 0.0230. The number of likely N-dealkylation sites (tertiary alicyclic amines) is 2. The van der Waals surface area contributed by atoms with Gasteiger partial charge in [-0.25, -0.2) is 8.78 Å². The van der Waals surface area contributed by atoms with E-state index in [1.54, 1.807) is 30.7 Å². The van der Waals surface area contributed by atoms with Gasteiger partial charge in [0.25, 0.3) is 11.5 Å². The van der Waals surface area contributed by atoms with Crippen LogP contribution in [0.3, 0.4) is 0 Å². The Morgan fingerprint density at radius 2 is 1.57 bits per heavy atom. The first-order chi connectivity index (χ1) is 29.2. The molecule has 4 saturated heterocycles. The van der Waals surface area contributed by atoms with Crippen LogP contribution in [0.25, 0.3) is 10.9 Å². The highest BCUT2D eigenvalue weighted by Crippen LogP contribution is 2.37. The average molecular weight is 839 g/mol. The number of halogens is 2. The number of amides is 4. The van der Waals surface area contributed by atoms with Gasteiger partial charge < -0.3 is 29.7 Å². The van der Waals surface area contributed by atoms with Crippen molar-refractivity contribution >= 4 is 45.9 Å². The van der Waals surface area contributed by atoms with Crippen molar-refractivity contribution in [1.29, 1.82) is 0 Å². The van der Waals surface area contributed by atoms with Gasteiger partial charge in [-0.05, 0) is 102 Å². The number of fused-ring (bicyclic) bond motifs is 1. The lowest BCUT2D eigenvalue weighted by Crippen LogP contribution is -2.50. The van der Waals surface area contributed by atoms with E-state index in [2.05, 4.69) is 15.5 Å². The summed E-state index contributed by atoms with van der Waals surface area (Å²) in [4.78, 5) is 70.3. The van der Waals surface area contributed by atoms with E-state index in [1.165, 1.54) is 18.2 Å². The molecule has 3 N–H and O–H groups in total.